The molecule has 0 heterocycles. The monoisotopic (exact) mass is 1530 g/mol. The third kappa shape index (κ3) is 77.6. The number of hydrogen-bond acceptors (Lipinski definition) is 15. The summed E-state index contributed by atoms with van der Waals surface area (Å²) >= 11 is 0. The van der Waals surface area contributed by atoms with Crippen LogP contribution in [0.4, 0.5) is 0 Å². The van der Waals surface area contributed by atoms with Gasteiger partial charge in [0.2, 0.25) is 0 Å². The Morgan fingerprint density at radius 1 is 0.264 bits per heavy atom. The molecule has 0 spiro atoms. The zero-order valence-electron chi connectivity index (χ0n) is 66.8. The first-order valence-corrected chi connectivity index (χ1v) is 44.8. The average Bonchev–Trinajstić information content (AvgIpc) is 0.901. The van der Waals surface area contributed by atoms with E-state index in [0.717, 1.165) is 116 Å². The molecule has 0 saturated carbocycles. The molecule has 0 aromatic rings. The van der Waals surface area contributed by atoms with Gasteiger partial charge in [0.15, 0.2) is 12.2 Å². The molecule has 2 unspecified atom stereocenters. The standard InChI is InChI=1S/C87H150O17P2/c1-5-9-13-17-21-25-29-33-37-40-44-47-51-55-59-63-67-71-84(89)97-77-82(103-86(91)73-69-65-61-57-53-49-43-36-32-28-24-20-16-12-8-4)79-101-105(93,94)99-75-81(88)76-100-106(95,96)102-80-83(104-87(92)74-70-66-62-58-54-50-46-42-39-35-31-27-23-19-15-11-7-3)78-98-85(90)72-68-64-60-56-52-48-45-41-38-34-30-26-22-18-14-10-6-2/h21,23-25,27-28,33,35-37,39,43-44,46-47,50,55,58-59,62,81-83,88H,5-20,22,26,29-32,34,38,40-42,45,48-49,51-54,56-57,60-61,63-80H2,1-4H3,(H,93,94)(H,95,96)/b25-21-,27-23-,28-24-,37-33-,39-35-,43-36-,47-44-,50-46-,59-55-,62-58-/t81-,82+,83+/m0/s1. The van der Waals surface area contributed by atoms with Crippen LogP contribution >= 0.6 is 15.6 Å². The fourth-order valence-electron chi connectivity index (χ4n) is 11.0. The quantitative estimate of drug-likeness (QED) is 0.0169. The van der Waals surface area contributed by atoms with E-state index < -0.39 is 97.5 Å². The van der Waals surface area contributed by atoms with Crippen LogP contribution in [-0.2, 0) is 65.4 Å². The summed E-state index contributed by atoms with van der Waals surface area (Å²) in [5, 5.41) is 10.7. The van der Waals surface area contributed by atoms with Gasteiger partial charge in [0, 0.05) is 25.7 Å². The van der Waals surface area contributed by atoms with Crippen LogP contribution in [0.2, 0.25) is 0 Å². The minimum atomic E-state index is -5.00. The molecule has 0 fully saturated rings. The van der Waals surface area contributed by atoms with Crippen LogP contribution in [0, 0.1) is 0 Å². The van der Waals surface area contributed by atoms with Gasteiger partial charge in [0.25, 0.3) is 0 Å². The zero-order valence-corrected chi connectivity index (χ0v) is 68.6. The molecule has 0 radical (unpaired) electrons. The second-order valence-corrected chi connectivity index (χ2v) is 30.6. The predicted molar refractivity (Wildman–Crippen MR) is 436 cm³/mol. The van der Waals surface area contributed by atoms with Gasteiger partial charge in [-0.1, -0.05) is 310 Å². The van der Waals surface area contributed by atoms with Crippen molar-refractivity contribution < 1.29 is 80.2 Å². The van der Waals surface area contributed by atoms with E-state index in [2.05, 4.69) is 125 Å². The molecule has 3 N–H and O–H groups in total. The lowest BCUT2D eigenvalue weighted by Crippen LogP contribution is -2.30. The van der Waals surface area contributed by atoms with Crippen LogP contribution in [0.1, 0.15) is 349 Å². The van der Waals surface area contributed by atoms with Crippen molar-refractivity contribution in [2.24, 2.45) is 0 Å². The third-order valence-electron chi connectivity index (χ3n) is 17.4. The summed E-state index contributed by atoms with van der Waals surface area (Å²) in [5.74, 6) is -2.31. The summed E-state index contributed by atoms with van der Waals surface area (Å²) in [5.41, 5.74) is 0. The first-order valence-electron chi connectivity index (χ1n) is 41.8. The van der Waals surface area contributed by atoms with Gasteiger partial charge in [-0.3, -0.25) is 37.3 Å². The van der Waals surface area contributed by atoms with Crippen LogP contribution in [0.3, 0.4) is 0 Å². The number of ether oxygens (including phenoxy) is 4. The largest absolute Gasteiger partial charge is 0.472 e. The summed E-state index contributed by atoms with van der Waals surface area (Å²) in [7, 11) is -10.00. The van der Waals surface area contributed by atoms with Crippen molar-refractivity contribution in [1.29, 1.82) is 0 Å². The van der Waals surface area contributed by atoms with E-state index in [1.165, 1.54) is 141 Å². The number of phosphoric acid groups is 2. The number of phosphoric ester groups is 2. The fourth-order valence-corrected chi connectivity index (χ4v) is 12.6. The highest BCUT2D eigenvalue weighted by molar-refractivity contribution is 7.47. The van der Waals surface area contributed by atoms with Gasteiger partial charge >= 0.3 is 39.5 Å². The second-order valence-electron chi connectivity index (χ2n) is 27.7. The van der Waals surface area contributed by atoms with E-state index in [4.69, 9.17) is 37.0 Å². The third-order valence-corrected chi connectivity index (χ3v) is 19.3. The molecule has 17 nitrogen and oxygen atoms in total. The topological polar surface area (TPSA) is 237 Å². The van der Waals surface area contributed by atoms with Gasteiger partial charge in [0.1, 0.15) is 19.3 Å². The highest BCUT2D eigenvalue weighted by Gasteiger charge is 2.30. The first kappa shape index (κ1) is 101. The number of unbranched alkanes of at least 4 members (excludes halogenated alkanes) is 32. The summed E-state index contributed by atoms with van der Waals surface area (Å²) in [6.07, 6.45) is 87.5. The highest BCUT2D eigenvalue weighted by Crippen LogP contribution is 2.45. The average molecular weight is 1530 g/mol. The number of allylic oxidation sites excluding steroid dienone is 20. The minimum Gasteiger partial charge on any atom is -0.462 e. The lowest BCUT2D eigenvalue weighted by atomic mass is 10.0. The second kappa shape index (κ2) is 78.6. The van der Waals surface area contributed by atoms with E-state index in [0.29, 0.717) is 38.5 Å². The number of carbonyl (C=O) groups excluding carboxylic acids is 4. The molecule has 0 amide bonds. The van der Waals surface area contributed by atoms with Crippen LogP contribution in [0.15, 0.2) is 122 Å². The van der Waals surface area contributed by atoms with Crippen molar-refractivity contribution in [3.63, 3.8) is 0 Å². The van der Waals surface area contributed by atoms with E-state index in [9.17, 15) is 43.2 Å². The molecule has 610 valence electrons. The summed E-state index contributed by atoms with van der Waals surface area (Å²) in [6, 6.07) is 0. The van der Waals surface area contributed by atoms with Gasteiger partial charge in [-0.15, -0.1) is 0 Å². The molecule has 0 rings (SSSR count). The molecule has 0 aliphatic heterocycles. The molecule has 106 heavy (non-hydrogen) atoms. The number of hydrogen-bond donors (Lipinski definition) is 3. The Morgan fingerprint density at radius 2 is 0.472 bits per heavy atom. The maximum absolute atomic E-state index is 13.1. The molecule has 19 heteroatoms. The highest BCUT2D eigenvalue weighted by atomic mass is 31.2. The van der Waals surface area contributed by atoms with Gasteiger partial charge in [-0.25, -0.2) is 9.13 Å². The lowest BCUT2D eigenvalue weighted by molar-refractivity contribution is -0.161. The Hall–Kier alpha value is -4.54. The van der Waals surface area contributed by atoms with E-state index in [1.807, 2.05) is 24.3 Å². The van der Waals surface area contributed by atoms with Crippen LogP contribution in [0.25, 0.3) is 0 Å². The van der Waals surface area contributed by atoms with Crippen LogP contribution in [-0.4, -0.2) is 96.7 Å². The van der Waals surface area contributed by atoms with Crippen molar-refractivity contribution in [3.8, 4) is 0 Å². The van der Waals surface area contributed by atoms with Crippen molar-refractivity contribution in [2.75, 3.05) is 39.6 Å². The maximum atomic E-state index is 13.1. The summed E-state index contributed by atoms with van der Waals surface area (Å²) in [6.45, 7) is 4.70. The number of carbonyl (C=O) groups is 4. The van der Waals surface area contributed by atoms with E-state index in [-0.39, 0.29) is 25.7 Å². The minimum absolute atomic E-state index is 0.0180. The molecule has 5 atom stereocenters. The SMILES string of the molecule is CCCCC/C=C\C/C=C\C/C=C\C/C=C\CCCC(=O)OC[C@H](COP(=O)(O)OC[C@H](O)COP(=O)(O)OC[C@@H](COC(=O)CCCCCCCCCCCCCCCCCCC)OC(=O)CCC/C=C\C/C=C\C/C=C\C/C=C\CCCCC)OC(=O)CCCCCCC/C=C\C/C=C\CCCCC. The number of esters is 4. The molecule has 0 aromatic heterocycles. The lowest BCUT2D eigenvalue weighted by Gasteiger charge is -2.21. The molecule has 0 aromatic carbocycles. The Balaban J connectivity index is 5.46. The number of rotatable bonds is 78. The Morgan fingerprint density at radius 3 is 0.774 bits per heavy atom. The Bertz CT molecular complexity index is 2480. The molecule has 0 aliphatic rings. The van der Waals surface area contributed by atoms with Crippen LogP contribution < -0.4 is 0 Å². The fraction of sp³-hybridized carbons (Fsp3) is 0.724. The van der Waals surface area contributed by atoms with Crippen molar-refractivity contribution in [3.05, 3.63) is 122 Å². The normalized spacial score (nSPS) is 14.4. The van der Waals surface area contributed by atoms with E-state index in [1.54, 1.807) is 0 Å². The predicted octanol–water partition coefficient (Wildman–Crippen LogP) is 24.7. The molecule has 0 saturated heterocycles. The van der Waals surface area contributed by atoms with Crippen molar-refractivity contribution in [1.82, 2.24) is 0 Å². The smallest absolute Gasteiger partial charge is 0.462 e. The summed E-state index contributed by atoms with van der Waals surface area (Å²) < 4.78 is 68.6. The Labute approximate surface area is 644 Å². The zero-order chi connectivity index (χ0) is 77.4. The number of aliphatic hydroxyl groups excluding tert-OH is 1. The Kier molecular flexibility index (Phi) is 75.2. The van der Waals surface area contributed by atoms with Crippen molar-refractivity contribution in [2.45, 2.75) is 367 Å². The first-order chi connectivity index (χ1) is 51.7. The maximum Gasteiger partial charge on any atom is 0.472 e. The molecular formula is C87H150O17P2. The van der Waals surface area contributed by atoms with E-state index >= 15 is 0 Å². The number of aliphatic hydroxyl groups is 1. The molecule has 0 aliphatic carbocycles. The van der Waals surface area contributed by atoms with Gasteiger partial charge in [-0.2, -0.15) is 0 Å². The molecular weight excluding hydrogens is 1380 g/mol. The van der Waals surface area contributed by atoms with Gasteiger partial charge in [-0.05, 0) is 135 Å². The summed E-state index contributed by atoms with van der Waals surface area (Å²) in [4.78, 5) is 73.1. The van der Waals surface area contributed by atoms with Crippen molar-refractivity contribution >= 4 is 39.5 Å². The van der Waals surface area contributed by atoms with Gasteiger partial charge in [0.05, 0.1) is 26.4 Å². The van der Waals surface area contributed by atoms with Crippen LogP contribution in [0.5, 0.6) is 0 Å². The van der Waals surface area contributed by atoms with Gasteiger partial charge < -0.3 is 33.8 Å². The molecule has 0 bridgehead atoms.